The number of aromatic nitrogens is 2. The molecule has 0 aliphatic rings. The molecule has 26 heavy (non-hydrogen) atoms. The van der Waals surface area contributed by atoms with E-state index in [1.165, 1.54) is 28.0 Å². The van der Waals surface area contributed by atoms with Gasteiger partial charge in [0.1, 0.15) is 10.6 Å². The third-order valence-corrected chi connectivity index (χ3v) is 5.06. The molecule has 9 heteroatoms. The highest BCUT2D eigenvalue weighted by Crippen LogP contribution is 2.27. The van der Waals surface area contributed by atoms with Gasteiger partial charge in [0, 0.05) is 13.6 Å². The van der Waals surface area contributed by atoms with E-state index in [9.17, 15) is 9.59 Å². The van der Waals surface area contributed by atoms with Crippen molar-refractivity contribution in [1.82, 2.24) is 14.9 Å². The molecule has 2 aromatic heterocycles. The lowest BCUT2D eigenvalue weighted by Gasteiger charge is -2.16. The largest absolute Gasteiger partial charge is 0.452 e. The predicted octanol–water partition coefficient (Wildman–Crippen LogP) is 2.76. The van der Waals surface area contributed by atoms with Crippen LogP contribution in [0.1, 0.15) is 22.5 Å². The number of carbonyl (C=O) groups is 2. The van der Waals surface area contributed by atoms with Crippen molar-refractivity contribution in [1.29, 1.82) is 5.26 Å². The molecular formula is C17H18N4O3S2. The monoisotopic (exact) mass is 390 g/mol. The van der Waals surface area contributed by atoms with E-state index in [4.69, 9.17) is 10.00 Å². The van der Waals surface area contributed by atoms with Gasteiger partial charge in [-0.15, -0.1) is 23.1 Å². The van der Waals surface area contributed by atoms with Crippen LogP contribution in [0.25, 0.3) is 10.7 Å². The van der Waals surface area contributed by atoms with Crippen LogP contribution in [0.4, 0.5) is 0 Å². The average molecular weight is 390 g/mol. The Hall–Kier alpha value is -2.44. The summed E-state index contributed by atoms with van der Waals surface area (Å²) in [7, 11) is 1.56. The van der Waals surface area contributed by atoms with E-state index in [1.807, 2.05) is 29.8 Å². The van der Waals surface area contributed by atoms with Crippen molar-refractivity contribution in [2.75, 3.05) is 26.5 Å². The van der Waals surface area contributed by atoms with Gasteiger partial charge < -0.3 is 9.64 Å². The Morgan fingerprint density at radius 3 is 2.81 bits per heavy atom. The Kier molecular flexibility index (Phi) is 7.12. The molecule has 2 heterocycles. The summed E-state index contributed by atoms with van der Waals surface area (Å²) in [5, 5.41) is 11.0. The van der Waals surface area contributed by atoms with Crippen LogP contribution in [0.3, 0.4) is 0 Å². The lowest BCUT2D eigenvalue weighted by atomic mass is 10.2. The first-order valence-corrected chi connectivity index (χ1v) is 9.83. The SMILES string of the molecule is CSc1nc(-c2cccs2)nc(C)c1C(=O)OCC(=O)N(C)CCC#N. The Balaban J connectivity index is 2.13. The van der Waals surface area contributed by atoms with Crippen LogP contribution in [0.2, 0.25) is 0 Å². The first-order valence-electron chi connectivity index (χ1n) is 7.72. The lowest BCUT2D eigenvalue weighted by molar-refractivity contribution is -0.133. The van der Waals surface area contributed by atoms with Crippen LogP contribution in [-0.2, 0) is 9.53 Å². The van der Waals surface area contributed by atoms with Crippen molar-refractivity contribution in [3.63, 3.8) is 0 Å². The number of hydrogen-bond donors (Lipinski definition) is 0. The highest BCUT2D eigenvalue weighted by molar-refractivity contribution is 7.98. The number of esters is 1. The van der Waals surface area contributed by atoms with E-state index in [0.717, 1.165) is 4.88 Å². The number of thiophene rings is 1. The van der Waals surface area contributed by atoms with Gasteiger partial charge in [0.05, 0.1) is 23.1 Å². The number of thioether (sulfide) groups is 1. The molecular weight excluding hydrogens is 372 g/mol. The Labute approximate surface area is 160 Å². The van der Waals surface area contributed by atoms with Crippen molar-refractivity contribution in [3.8, 4) is 16.8 Å². The van der Waals surface area contributed by atoms with E-state index >= 15 is 0 Å². The van der Waals surface area contributed by atoms with Crippen LogP contribution in [0, 0.1) is 18.3 Å². The fraction of sp³-hybridized carbons (Fsp3) is 0.353. The number of ether oxygens (including phenoxy) is 1. The van der Waals surface area contributed by atoms with Gasteiger partial charge in [-0.1, -0.05) is 6.07 Å². The quantitative estimate of drug-likeness (QED) is 0.407. The van der Waals surface area contributed by atoms with Crippen molar-refractivity contribution in [2.24, 2.45) is 0 Å². The summed E-state index contributed by atoms with van der Waals surface area (Å²) < 4.78 is 5.14. The summed E-state index contributed by atoms with van der Waals surface area (Å²) >= 11 is 2.84. The first kappa shape index (κ1) is 19.9. The number of rotatable bonds is 7. The molecule has 0 aliphatic carbocycles. The van der Waals surface area contributed by atoms with Crippen LogP contribution in [-0.4, -0.2) is 53.2 Å². The minimum atomic E-state index is -0.633. The molecule has 136 valence electrons. The smallest absolute Gasteiger partial charge is 0.343 e. The third kappa shape index (κ3) is 4.80. The minimum Gasteiger partial charge on any atom is -0.452 e. The maximum absolute atomic E-state index is 12.4. The number of carbonyl (C=O) groups excluding carboxylic acids is 2. The molecule has 0 radical (unpaired) electrons. The summed E-state index contributed by atoms with van der Waals surface area (Å²) in [6.07, 6.45) is 2.04. The standard InChI is InChI=1S/C17H18N4O3S2/c1-11-14(17(23)24-10-13(22)21(2)8-5-7-18)16(25-3)20-15(19-11)12-6-4-9-26-12/h4,6,9H,5,8,10H2,1-3H3. The first-order chi connectivity index (χ1) is 12.5. The maximum atomic E-state index is 12.4. The molecule has 0 atom stereocenters. The van der Waals surface area contributed by atoms with E-state index in [-0.39, 0.29) is 24.5 Å². The lowest BCUT2D eigenvalue weighted by Crippen LogP contribution is -2.32. The number of hydrogen-bond acceptors (Lipinski definition) is 8. The van der Waals surface area contributed by atoms with Crippen molar-refractivity contribution in [2.45, 2.75) is 18.4 Å². The fourth-order valence-electron chi connectivity index (χ4n) is 2.10. The molecule has 0 fully saturated rings. The highest BCUT2D eigenvalue weighted by Gasteiger charge is 2.22. The van der Waals surface area contributed by atoms with Crippen molar-refractivity contribution < 1.29 is 14.3 Å². The molecule has 0 unspecified atom stereocenters. The molecule has 0 bridgehead atoms. The molecule has 1 amide bonds. The Bertz CT molecular complexity index is 831. The van der Waals surface area contributed by atoms with Gasteiger partial charge in [0.25, 0.3) is 5.91 Å². The minimum absolute atomic E-state index is 0.226. The molecule has 2 rings (SSSR count). The number of amides is 1. The number of likely N-dealkylation sites (N-methyl/N-ethyl adjacent to an activating group) is 1. The summed E-state index contributed by atoms with van der Waals surface area (Å²) in [5.41, 5.74) is 0.772. The van der Waals surface area contributed by atoms with Gasteiger partial charge in [-0.25, -0.2) is 14.8 Å². The van der Waals surface area contributed by atoms with Gasteiger partial charge in [0.15, 0.2) is 12.4 Å². The maximum Gasteiger partial charge on any atom is 0.343 e. The molecule has 0 aromatic carbocycles. The molecule has 0 saturated carbocycles. The zero-order valence-electron chi connectivity index (χ0n) is 14.7. The molecule has 2 aromatic rings. The second-order valence-electron chi connectivity index (χ2n) is 5.29. The molecule has 0 N–H and O–H groups in total. The molecule has 0 spiro atoms. The summed E-state index contributed by atoms with van der Waals surface area (Å²) in [5.74, 6) is -0.439. The van der Waals surface area contributed by atoms with Gasteiger partial charge in [0.2, 0.25) is 0 Å². The van der Waals surface area contributed by atoms with Crippen molar-refractivity contribution >= 4 is 35.0 Å². The third-order valence-electron chi connectivity index (χ3n) is 3.51. The van der Waals surface area contributed by atoms with Gasteiger partial charge >= 0.3 is 5.97 Å². The zero-order chi connectivity index (χ0) is 19.1. The molecule has 0 saturated heterocycles. The number of nitriles is 1. The van der Waals surface area contributed by atoms with Gasteiger partial charge in [-0.2, -0.15) is 5.26 Å². The van der Waals surface area contributed by atoms with E-state index in [1.54, 1.807) is 14.0 Å². The normalized spacial score (nSPS) is 10.2. The average Bonchev–Trinajstić information content (AvgIpc) is 3.17. The second kappa shape index (κ2) is 9.31. The highest BCUT2D eigenvalue weighted by atomic mass is 32.2. The van der Waals surface area contributed by atoms with E-state index in [2.05, 4.69) is 9.97 Å². The molecule has 0 aliphatic heterocycles. The number of aryl methyl sites for hydroxylation is 1. The van der Waals surface area contributed by atoms with Gasteiger partial charge in [-0.05, 0) is 24.6 Å². The second-order valence-corrected chi connectivity index (χ2v) is 7.04. The predicted molar refractivity (Wildman–Crippen MR) is 100 cm³/mol. The van der Waals surface area contributed by atoms with Crippen LogP contribution >= 0.6 is 23.1 Å². The van der Waals surface area contributed by atoms with Crippen molar-refractivity contribution in [3.05, 3.63) is 28.8 Å². The fourth-order valence-corrected chi connectivity index (χ4v) is 3.37. The number of nitrogens with zero attached hydrogens (tertiary/aromatic N) is 4. The molecule has 7 nitrogen and oxygen atoms in total. The Morgan fingerprint density at radius 2 is 2.19 bits per heavy atom. The topological polar surface area (TPSA) is 96.2 Å². The summed E-state index contributed by atoms with van der Waals surface area (Å²) in [6.45, 7) is 1.62. The van der Waals surface area contributed by atoms with Crippen LogP contribution in [0.15, 0.2) is 22.5 Å². The van der Waals surface area contributed by atoms with Gasteiger partial charge in [-0.3, -0.25) is 4.79 Å². The summed E-state index contributed by atoms with van der Waals surface area (Å²) in [4.78, 5) is 35.5. The summed E-state index contributed by atoms with van der Waals surface area (Å²) in [6, 6.07) is 5.79. The van der Waals surface area contributed by atoms with Crippen LogP contribution in [0.5, 0.6) is 0 Å². The van der Waals surface area contributed by atoms with E-state index in [0.29, 0.717) is 23.1 Å². The Morgan fingerprint density at radius 1 is 1.42 bits per heavy atom. The zero-order valence-corrected chi connectivity index (χ0v) is 16.3. The van der Waals surface area contributed by atoms with Crippen LogP contribution < -0.4 is 0 Å². The van der Waals surface area contributed by atoms with E-state index < -0.39 is 5.97 Å².